The van der Waals surface area contributed by atoms with Crippen LogP contribution in [0.15, 0.2) is 31.0 Å². The third kappa shape index (κ3) is 2.65. The maximum absolute atomic E-state index is 12.0. The Hall–Kier alpha value is -2.17. The quantitative estimate of drug-likeness (QED) is 0.908. The number of hydrogen-bond donors (Lipinski definition) is 1. The molecule has 1 fully saturated rings. The van der Waals surface area contributed by atoms with E-state index in [1.165, 1.54) is 12.8 Å². The zero-order valence-corrected chi connectivity index (χ0v) is 10.8. The maximum atomic E-state index is 12.0. The van der Waals surface area contributed by atoms with Gasteiger partial charge in [0.25, 0.3) is 5.91 Å². The van der Waals surface area contributed by atoms with Crippen molar-refractivity contribution >= 4 is 5.91 Å². The van der Waals surface area contributed by atoms with E-state index in [2.05, 4.69) is 19.9 Å². The number of imidazole rings is 1. The molecule has 0 spiro atoms. The second-order valence-corrected chi connectivity index (χ2v) is 4.96. The summed E-state index contributed by atoms with van der Waals surface area (Å²) in [7, 11) is 0. The van der Waals surface area contributed by atoms with Crippen LogP contribution in [0.3, 0.4) is 0 Å². The Morgan fingerprint density at radius 2 is 2.21 bits per heavy atom. The second-order valence-electron chi connectivity index (χ2n) is 4.96. The zero-order chi connectivity index (χ0) is 13.2. The van der Waals surface area contributed by atoms with Gasteiger partial charge < -0.3 is 9.88 Å². The van der Waals surface area contributed by atoms with Gasteiger partial charge in [-0.05, 0) is 31.4 Å². The number of nitrogens with zero attached hydrogens (tertiary/aromatic N) is 3. The van der Waals surface area contributed by atoms with E-state index in [0.29, 0.717) is 18.2 Å². The minimum Gasteiger partial charge on any atom is -0.346 e. The molecule has 98 valence electrons. The van der Waals surface area contributed by atoms with Gasteiger partial charge in [-0.1, -0.05) is 0 Å². The third-order valence-corrected chi connectivity index (χ3v) is 3.25. The zero-order valence-electron chi connectivity index (χ0n) is 10.8. The summed E-state index contributed by atoms with van der Waals surface area (Å²) in [5.74, 6) is -0.0975. The van der Waals surface area contributed by atoms with Gasteiger partial charge in [-0.3, -0.25) is 9.78 Å². The Balaban J connectivity index is 1.65. The van der Waals surface area contributed by atoms with Crippen molar-refractivity contribution in [2.24, 2.45) is 0 Å². The van der Waals surface area contributed by atoms with Crippen molar-refractivity contribution in [1.82, 2.24) is 19.9 Å². The molecule has 0 atom stereocenters. The average Bonchev–Trinajstić information content (AvgIpc) is 3.15. The lowest BCUT2D eigenvalue weighted by atomic mass is 10.2. The van der Waals surface area contributed by atoms with E-state index in [-0.39, 0.29) is 5.91 Å². The number of hydrogen-bond acceptors (Lipinski definition) is 3. The molecule has 0 radical (unpaired) electrons. The molecule has 0 aliphatic heterocycles. The summed E-state index contributed by atoms with van der Waals surface area (Å²) in [4.78, 5) is 20.2. The van der Waals surface area contributed by atoms with Crippen LogP contribution >= 0.6 is 0 Å². The molecule has 0 saturated heterocycles. The van der Waals surface area contributed by atoms with Crippen molar-refractivity contribution in [3.8, 4) is 0 Å². The molecule has 2 aromatic rings. The van der Waals surface area contributed by atoms with E-state index in [1.54, 1.807) is 12.4 Å². The topological polar surface area (TPSA) is 59.8 Å². The van der Waals surface area contributed by atoms with Crippen LogP contribution in [0.1, 0.15) is 40.5 Å². The van der Waals surface area contributed by atoms with Crippen molar-refractivity contribution in [2.45, 2.75) is 32.4 Å². The summed E-state index contributed by atoms with van der Waals surface area (Å²) in [6.45, 7) is 2.43. The van der Waals surface area contributed by atoms with E-state index < -0.39 is 0 Å². The summed E-state index contributed by atoms with van der Waals surface area (Å²) in [5.41, 5.74) is 2.63. The summed E-state index contributed by atoms with van der Waals surface area (Å²) in [6.07, 6.45) is 9.39. The first kappa shape index (κ1) is 11.9. The van der Waals surface area contributed by atoms with E-state index >= 15 is 0 Å². The van der Waals surface area contributed by atoms with Gasteiger partial charge in [0, 0.05) is 24.6 Å². The highest BCUT2D eigenvalue weighted by atomic mass is 16.1. The average molecular weight is 256 g/mol. The van der Waals surface area contributed by atoms with Crippen molar-refractivity contribution in [2.75, 3.05) is 0 Å². The molecule has 1 amide bonds. The smallest absolute Gasteiger partial charge is 0.253 e. The second kappa shape index (κ2) is 4.84. The standard InChI is InChI=1S/C14H16N4O/c1-10-4-11(6-15-5-10)14(19)17-8-13-7-16-9-18(13)12-2-3-12/h4-7,9,12H,2-3,8H2,1H3,(H,17,19). The van der Waals surface area contributed by atoms with Crippen LogP contribution in [0, 0.1) is 6.92 Å². The fourth-order valence-electron chi connectivity index (χ4n) is 2.10. The monoisotopic (exact) mass is 256 g/mol. The molecule has 1 aliphatic rings. The summed E-state index contributed by atoms with van der Waals surface area (Å²) in [6, 6.07) is 2.41. The third-order valence-electron chi connectivity index (χ3n) is 3.25. The minimum absolute atomic E-state index is 0.0975. The molecule has 5 heteroatoms. The number of rotatable bonds is 4. The maximum Gasteiger partial charge on any atom is 0.253 e. The lowest BCUT2D eigenvalue weighted by molar-refractivity contribution is 0.0949. The summed E-state index contributed by atoms with van der Waals surface area (Å²) < 4.78 is 2.15. The van der Waals surface area contributed by atoms with Gasteiger partial charge in [0.1, 0.15) is 0 Å². The first-order valence-corrected chi connectivity index (χ1v) is 6.44. The molecule has 0 aromatic carbocycles. The molecule has 3 rings (SSSR count). The molecule has 1 N–H and O–H groups in total. The summed E-state index contributed by atoms with van der Waals surface area (Å²) >= 11 is 0. The van der Waals surface area contributed by atoms with Gasteiger partial charge in [0.05, 0.1) is 24.1 Å². The van der Waals surface area contributed by atoms with E-state index in [4.69, 9.17) is 0 Å². The molecule has 1 aliphatic carbocycles. The number of carbonyl (C=O) groups excluding carboxylic acids is 1. The fourth-order valence-corrected chi connectivity index (χ4v) is 2.10. The van der Waals surface area contributed by atoms with Gasteiger partial charge in [0.2, 0.25) is 0 Å². The van der Waals surface area contributed by atoms with E-state index in [9.17, 15) is 4.79 Å². The van der Waals surface area contributed by atoms with Crippen LogP contribution in [-0.4, -0.2) is 20.4 Å². The van der Waals surface area contributed by atoms with Crippen LogP contribution in [0.2, 0.25) is 0 Å². The lowest BCUT2D eigenvalue weighted by Crippen LogP contribution is -2.24. The first-order valence-electron chi connectivity index (χ1n) is 6.44. The normalized spacial score (nSPS) is 14.4. The number of nitrogens with one attached hydrogen (secondary N) is 1. The number of pyridine rings is 1. The molecule has 5 nitrogen and oxygen atoms in total. The van der Waals surface area contributed by atoms with Gasteiger partial charge in [0.15, 0.2) is 0 Å². The van der Waals surface area contributed by atoms with Crippen molar-refractivity contribution in [3.05, 3.63) is 47.8 Å². The van der Waals surface area contributed by atoms with Crippen LogP contribution in [0.25, 0.3) is 0 Å². The molecule has 2 aromatic heterocycles. The van der Waals surface area contributed by atoms with Crippen molar-refractivity contribution in [3.63, 3.8) is 0 Å². The molecule has 0 unspecified atom stereocenters. The lowest BCUT2D eigenvalue weighted by Gasteiger charge is -2.08. The van der Waals surface area contributed by atoms with E-state index in [1.807, 2.05) is 25.5 Å². The Kier molecular flexibility index (Phi) is 3.03. The Labute approximate surface area is 111 Å². The molecule has 2 heterocycles. The van der Waals surface area contributed by atoms with Crippen LogP contribution in [0.4, 0.5) is 0 Å². The minimum atomic E-state index is -0.0975. The van der Waals surface area contributed by atoms with Crippen molar-refractivity contribution in [1.29, 1.82) is 0 Å². The molecule has 0 bridgehead atoms. The number of carbonyl (C=O) groups is 1. The highest BCUT2D eigenvalue weighted by molar-refractivity contribution is 5.93. The number of amides is 1. The largest absolute Gasteiger partial charge is 0.346 e. The van der Waals surface area contributed by atoms with Gasteiger partial charge in [-0.25, -0.2) is 4.98 Å². The van der Waals surface area contributed by atoms with Gasteiger partial charge in [-0.2, -0.15) is 0 Å². The predicted molar refractivity (Wildman–Crippen MR) is 70.6 cm³/mol. The summed E-state index contributed by atoms with van der Waals surface area (Å²) in [5, 5.41) is 2.91. The number of aryl methyl sites for hydroxylation is 1. The Morgan fingerprint density at radius 1 is 1.37 bits per heavy atom. The Morgan fingerprint density at radius 3 is 2.95 bits per heavy atom. The van der Waals surface area contributed by atoms with Crippen molar-refractivity contribution < 1.29 is 4.79 Å². The molecule has 1 saturated carbocycles. The van der Waals surface area contributed by atoms with E-state index in [0.717, 1.165) is 11.3 Å². The highest BCUT2D eigenvalue weighted by Crippen LogP contribution is 2.35. The molecule has 19 heavy (non-hydrogen) atoms. The van der Waals surface area contributed by atoms with Crippen LogP contribution in [-0.2, 0) is 6.54 Å². The predicted octanol–water partition coefficient (Wildman–Crippen LogP) is 1.85. The highest BCUT2D eigenvalue weighted by Gasteiger charge is 2.25. The molecular formula is C14H16N4O. The van der Waals surface area contributed by atoms with Gasteiger partial charge in [-0.15, -0.1) is 0 Å². The SMILES string of the molecule is Cc1cncc(C(=O)NCc2cncn2C2CC2)c1. The fraction of sp³-hybridized carbons (Fsp3) is 0.357. The van der Waals surface area contributed by atoms with Crippen LogP contribution < -0.4 is 5.32 Å². The Bertz CT molecular complexity index is 601. The number of aromatic nitrogens is 3. The molecular weight excluding hydrogens is 240 g/mol. The first-order chi connectivity index (χ1) is 9.24. The van der Waals surface area contributed by atoms with Gasteiger partial charge >= 0.3 is 0 Å². The van der Waals surface area contributed by atoms with Crippen LogP contribution in [0.5, 0.6) is 0 Å².